The zero-order chi connectivity index (χ0) is 19.5. The summed E-state index contributed by atoms with van der Waals surface area (Å²) in [7, 11) is -3.97. The van der Waals surface area contributed by atoms with Crippen LogP contribution in [0.2, 0.25) is 0 Å². The Morgan fingerprint density at radius 1 is 1.19 bits per heavy atom. The van der Waals surface area contributed by atoms with Gasteiger partial charge in [0.05, 0.1) is 11.2 Å². The third-order valence-electron chi connectivity index (χ3n) is 3.55. The van der Waals surface area contributed by atoms with Crippen LogP contribution in [0.3, 0.4) is 0 Å². The number of ether oxygens (including phenoxy) is 1. The van der Waals surface area contributed by atoms with Crippen molar-refractivity contribution in [3.63, 3.8) is 0 Å². The normalized spacial score (nSPS) is 13.4. The molecule has 0 radical (unpaired) electrons. The van der Waals surface area contributed by atoms with Gasteiger partial charge in [-0.2, -0.15) is 5.10 Å². The number of aromatic nitrogens is 2. The van der Waals surface area contributed by atoms with Crippen LogP contribution in [0, 0.1) is 0 Å². The van der Waals surface area contributed by atoms with Gasteiger partial charge in [-0.25, -0.2) is 13.1 Å². The van der Waals surface area contributed by atoms with Crippen LogP contribution in [0.15, 0.2) is 70.4 Å². The Morgan fingerprint density at radius 3 is 2.48 bits per heavy atom. The molecule has 1 atom stereocenters. The van der Waals surface area contributed by atoms with E-state index in [1.54, 1.807) is 30.6 Å². The molecule has 0 fully saturated rings. The van der Waals surface area contributed by atoms with E-state index in [4.69, 9.17) is 4.42 Å². The van der Waals surface area contributed by atoms with Crippen molar-refractivity contribution in [2.75, 3.05) is 6.54 Å². The minimum atomic E-state index is -4.85. The first-order valence-corrected chi connectivity index (χ1v) is 9.11. The molecule has 11 heteroatoms. The monoisotopic (exact) mass is 401 g/mol. The second kappa shape index (κ2) is 7.45. The molecule has 144 valence electrons. The number of sulfonamides is 1. The number of furan rings is 1. The van der Waals surface area contributed by atoms with Crippen molar-refractivity contribution in [1.29, 1.82) is 0 Å². The van der Waals surface area contributed by atoms with Gasteiger partial charge in [0.25, 0.3) is 0 Å². The van der Waals surface area contributed by atoms with Crippen LogP contribution in [-0.4, -0.2) is 31.1 Å². The zero-order valence-corrected chi connectivity index (χ0v) is 14.4. The van der Waals surface area contributed by atoms with Gasteiger partial charge in [-0.05, 0) is 42.5 Å². The van der Waals surface area contributed by atoms with Gasteiger partial charge in [0.1, 0.15) is 17.6 Å². The lowest BCUT2D eigenvalue weighted by Crippen LogP contribution is -2.31. The molecule has 27 heavy (non-hydrogen) atoms. The standard InChI is InChI=1S/C16H14F3N3O4S/c17-16(18,19)26-12-4-6-13(7-5-12)27(23,24)21-11-14(15-3-1-10-25-15)22-9-2-8-20-22/h1-10,14,21H,11H2/t14-/m1/s1. The highest BCUT2D eigenvalue weighted by molar-refractivity contribution is 7.89. The predicted octanol–water partition coefficient (Wildman–Crippen LogP) is 2.94. The first-order valence-electron chi connectivity index (χ1n) is 7.63. The summed E-state index contributed by atoms with van der Waals surface area (Å²) >= 11 is 0. The number of benzene rings is 1. The molecule has 0 aliphatic heterocycles. The average Bonchev–Trinajstić information content (AvgIpc) is 3.28. The van der Waals surface area contributed by atoms with Gasteiger partial charge in [0.2, 0.25) is 10.0 Å². The maximum absolute atomic E-state index is 12.4. The summed E-state index contributed by atoms with van der Waals surface area (Å²) in [5.41, 5.74) is 0. The lowest BCUT2D eigenvalue weighted by Gasteiger charge is -2.16. The Labute approximate surface area is 152 Å². The van der Waals surface area contributed by atoms with Gasteiger partial charge in [-0.15, -0.1) is 13.2 Å². The fraction of sp³-hybridized carbons (Fsp3) is 0.188. The smallest absolute Gasteiger partial charge is 0.467 e. The van der Waals surface area contributed by atoms with Gasteiger partial charge in [0, 0.05) is 18.9 Å². The molecular formula is C16H14F3N3O4S. The molecule has 0 spiro atoms. The van der Waals surface area contributed by atoms with Crippen molar-refractivity contribution in [3.05, 3.63) is 66.9 Å². The molecule has 3 aromatic rings. The van der Waals surface area contributed by atoms with Crippen LogP contribution in [0.1, 0.15) is 11.8 Å². The van der Waals surface area contributed by atoms with Crippen molar-refractivity contribution in [3.8, 4) is 5.75 Å². The minimum Gasteiger partial charge on any atom is -0.467 e. The van der Waals surface area contributed by atoms with Crippen LogP contribution in [0.25, 0.3) is 0 Å². The number of alkyl halides is 3. The number of nitrogens with one attached hydrogen (secondary N) is 1. The third-order valence-corrected chi connectivity index (χ3v) is 4.99. The Kier molecular flexibility index (Phi) is 5.24. The third kappa shape index (κ3) is 4.89. The van der Waals surface area contributed by atoms with Crippen LogP contribution in [0.5, 0.6) is 5.75 Å². The van der Waals surface area contributed by atoms with Gasteiger partial charge in [-0.1, -0.05) is 0 Å². The van der Waals surface area contributed by atoms with Crippen LogP contribution in [-0.2, 0) is 10.0 Å². The molecule has 0 saturated carbocycles. The minimum absolute atomic E-state index is 0.0711. The number of rotatable bonds is 7. The fourth-order valence-corrected chi connectivity index (χ4v) is 3.40. The maximum atomic E-state index is 12.4. The summed E-state index contributed by atoms with van der Waals surface area (Å²) < 4.78 is 74.4. The van der Waals surface area contributed by atoms with Crippen LogP contribution >= 0.6 is 0 Å². The quantitative estimate of drug-likeness (QED) is 0.658. The summed E-state index contributed by atoms with van der Waals surface area (Å²) in [6.45, 7) is -0.0711. The van der Waals surface area contributed by atoms with E-state index in [0.29, 0.717) is 5.76 Å². The molecule has 2 aromatic heterocycles. The van der Waals surface area contributed by atoms with E-state index >= 15 is 0 Å². The van der Waals surface area contributed by atoms with Crippen molar-refractivity contribution in [2.45, 2.75) is 17.3 Å². The maximum Gasteiger partial charge on any atom is 0.573 e. The van der Waals surface area contributed by atoms with E-state index in [0.717, 1.165) is 24.3 Å². The molecule has 0 amide bonds. The SMILES string of the molecule is O=S(=O)(NC[C@H](c1ccco1)n1cccn1)c1ccc(OC(F)(F)F)cc1. The van der Waals surface area contributed by atoms with E-state index in [-0.39, 0.29) is 11.4 Å². The van der Waals surface area contributed by atoms with Gasteiger partial charge < -0.3 is 9.15 Å². The molecule has 2 heterocycles. The van der Waals surface area contributed by atoms with Crippen molar-refractivity contribution >= 4 is 10.0 Å². The molecule has 0 aliphatic rings. The fourth-order valence-electron chi connectivity index (χ4n) is 2.36. The predicted molar refractivity (Wildman–Crippen MR) is 87.4 cm³/mol. The molecule has 0 aliphatic carbocycles. The Bertz CT molecular complexity index is 919. The molecule has 3 rings (SSSR count). The molecule has 0 saturated heterocycles. The summed E-state index contributed by atoms with van der Waals surface area (Å²) in [4.78, 5) is -0.198. The number of hydrogen-bond acceptors (Lipinski definition) is 5. The molecule has 0 bridgehead atoms. The first kappa shape index (κ1) is 19.0. The topological polar surface area (TPSA) is 86.4 Å². The summed E-state index contributed by atoms with van der Waals surface area (Å²) in [6, 6.07) is 8.42. The largest absolute Gasteiger partial charge is 0.573 e. The molecule has 1 aromatic carbocycles. The van der Waals surface area contributed by atoms with E-state index in [1.165, 1.54) is 10.9 Å². The number of nitrogens with zero attached hydrogens (tertiary/aromatic N) is 2. The summed E-state index contributed by atoms with van der Waals surface area (Å²) in [5.74, 6) is -0.0122. The Balaban J connectivity index is 1.74. The van der Waals surface area contributed by atoms with E-state index in [1.807, 2.05) is 0 Å². The highest BCUT2D eigenvalue weighted by Gasteiger charge is 2.31. The first-order chi connectivity index (χ1) is 12.7. The highest BCUT2D eigenvalue weighted by Crippen LogP contribution is 2.24. The van der Waals surface area contributed by atoms with E-state index in [2.05, 4.69) is 14.6 Å². The van der Waals surface area contributed by atoms with Crippen LogP contribution in [0.4, 0.5) is 13.2 Å². The van der Waals surface area contributed by atoms with E-state index < -0.39 is 28.2 Å². The van der Waals surface area contributed by atoms with Gasteiger partial charge in [-0.3, -0.25) is 4.68 Å². The second-order valence-electron chi connectivity index (χ2n) is 5.39. The average molecular weight is 401 g/mol. The highest BCUT2D eigenvalue weighted by atomic mass is 32.2. The summed E-state index contributed by atoms with van der Waals surface area (Å²) in [5, 5.41) is 4.09. The van der Waals surface area contributed by atoms with Crippen molar-refractivity contribution in [2.24, 2.45) is 0 Å². The lowest BCUT2D eigenvalue weighted by molar-refractivity contribution is -0.274. The molecule has 7 nitrogen and oxygen atoms in total. The van der Waals surface area contributed by atoms with Crippen LogP contribution < -0.4 is 9.46 Å². The molecule has 1 N–H and O–H groups in total. The van der Waals surface area contributed by atoms with Gasteiger partial charge >= 0.3 is 6.36 Å². The summed E-state index contributed by atoms with van der Waals surface area (Å²) in [6.07, 6.45) is -0.188. The second-order valence-corrected chi connectivity index (χ2v) is 7.16. The van der Waals surface area contributed by atoms with Crippen molar-refractivity contribution < 1.29 is 30.7 Å². The van der Waals surface area contributed by atoms with Gasteiger partial charge in [0.15, 0.2) is 0 Å². The number of halogens is 3. The number of hydrogen-bond donors (Lipinski definition) is 1. The molecule has 0 unspecified atom stereocenters. The zero-order valence-electron chi connectivity index (χ0n) is 13.6. The van der Waals surface area contributed by atoms with Crippen molar-refractivity contribution in [1.82, 2.24) is 14.5 Å². The lowest BCUT2D eigenvalue weighted by atomic mass is 10.2. The Hall–Kier alpha value is -2.79. The Morgan fingerprint density at radius 2 is 1.93 bits per heavy atom. The van der Waals surface area contributed by atoms with E-state index in [9.17, 15) is 21.6 Å². The molecular weight excluding hydrogens is 387 g/mol.